The minimum atomic E-state index is -0.140. The van der Waals surface area contributed by atoms with E-state index < -0.39 is 0 Å². The number of furan rings is 1. The lowest BCUT2D eigenvalue weighted by molar-refractivity contribution is -0.120. The van der Waals surface area contributed by atoms with Crippen LogP contribution in [0.25, 0.3) is 22.3 Å². The van der Waals surface area contributed by atoms with Gasteiger partial charge in [0.25, 0.3) is 0 Å². The van der Waals surface area contributed by atoms with Crippen LogP contribution in [0, 0.1) is 0 Å². The van der Waals surface area contributed by atoms with E-state index in [1.165, 1.54) is 0 Å². The Morgan fingerprint density at radius 3 is 2.34 bits per heavy atom. The van der Waals surface area contributed by atoms with E-state index in [9.17, 15) is 4.79 Å². The van der Waals surface area contributed by atoms with E-state index in [0.717, 1.165) is 11.1 Å². The van der Waals surface area contributed by atoms with Crippen LogP contribution in [0.5, 0.6) is 17.2 Å². The summed E-state index contributed by atoms with van der Waals surface area (Å²) in [5, 5.41) is 3.54. The maximum absolute atomic E-state index is 12.6. The van der Waals surface area contributed by atoms with Gasteiger partial charge in [-0.1, -0.05) is 30.3 Å². The fourth-order valence-corrected chi connectivity index (χ4v) is 3.29. The van der Waals surface area contributed by atoms with E-state index in [4.69, 9.17) is 23.4 Å². The molecule has 0 spiro atoms. The molecule has 7 nitrogen and oxygen atoms in total. The molecule has 1 heterocycles. The average molecular weight is 399 g/mol. The monoisotopic (exact) mass is 399 g/mol. The molecule has 0 atom stereocenters. The SMILES string of the molecule is COCCNC(=O)Cc1c(-c2ccccc2)oc2cc(OC)c(OC)c(OC)c12. The summed E-state index contributed by atoms with van der Waals surface area (Å²) in [6.07, 6.45) is 0.118. The number of carbonyl (C=O) groups is 1. The van der Waals surface area contributed by atoms with Gasteiger partial charge in [0.1, 0.15) is 11.3 Å². The molecule has 0 unspecified atom stereocenters. The van der Waals surface area contributed by atoms with Crippen LogP contribution in [0.1, 0.15) is 5.56 Å². The van der Waals surface area contributed by atoms with Crippen LogP contribution in [0.2, 0.25) is 0 Å². The van der Waals surface area contributed by atoms with Crippen molar-refractivity contribution in [3.8, 4) is 28.6 Å². The Morgan fingerprint density at radius 2 is 1.72 bits per heavy atom. The van der Waals surface area contributed by atoms with E-state index in [-0.39, 0.29) is 12.3 Å². The molecule has 3 rings (SSSR count). The zero-order valence-corrected chi connectivity index (χ0v) is 17.0. The van der Waals surface area contributed by atoms with Gasteiger partial charge in [-0.3, -0.25) is 4.79 Å². The zero-order chi connectivity index (χ0) is 20.8. The first kappa shape index (κ1) is 20.5. The van der Waals surface area contributed by atoms with Crippen molar-refractivity contribution in [2.24, 2.45) is 0 Å². The van der Waals surface area contributed by atoms with Crippen molar-refractivity contribution in [3.63, 3.8) is 0 Å². The highest BCUT2D eigenvalue weighted by Gasteiger charge is 2.26. The van der Waals surface area contributed by atoms with Crippen molar-refractivity contribution >= 4 is 16.9 Å². The first-order valence-electron chi connectivity index (χ1n) is 9.20. The van der Waals surface area contributed by atoms with Gasteiger partial charge in [-0.2, -0.15) is 0 Å². The van der Waals surface area contributed by atoms with Crippen LogP contribution in [0.15, 0.2) is 40.8 Å². The van der Waals surface area contributed by atoms with Gasteiger partial charge in [0.15, 0.2) is 11.5 Å². The first-order chi connectivity index (χ1) is 14.1. The van der Waals surface area contributed by atoms with Gasteiger partial charge in [-0.25, -0.2) is 0 Å². The summed E-state index contributed by atoms with van der Waals surface area (Å²) in [5.41, 5.74) is 2.14. The van der Waals surface area contributed by atoms with Gasteiger partial charge in [0, 0.05) is 30.8 Å². The lowest BCUT2D eigenvalue weighted by Crippen LogP contribution is -2.28. The van der Waals surface area contributed by atoms with Crippen molar-refractivity contribution < 1.29 is 28.2 Å². The van der Waals surface area contributed by atoms with E-state index in [1.54, 1.807) is 34.5 Å². The molecule has 2 aromatic carbocycles. The Kier molecular flexibility index (Phi) is 6.61. The number of nitrogens with one attached hydrogen (secondary N) is 1. The largest absolute Gasteiger partial charge is 0.493 e. The van der Waals surface area contributed by atoms with Crippen LogP contribution in [-0.2, 0) is 16.0 Å². The van der Waals surface area contributed by atoms with Gasteiger partial charge < -0.3 is 28.7 Å². The molecule has 154 valence electrons. The molecule has 0 saturated heterocycles. The van der Waals surface area contributed by atoms with Gasteiger partial charge >= 0.3 is 0 Å². The highest BCUT2D eigenvalue weighted by Crippen LogP contribution is 2.48. The van der Waals surface area contributed by atoms with E-state index in [0.29, 0.717) is 47.1 Å². The average Bonchev–Trinajstić information content (AvgIpc) is 3.10. The third kappa shape index (κ3) is 4.14. The number of fused-ring (bicyclic) bond motifs is 1. The lowest BCUT2D eigenvalue weighted by atomic mass is 10.0. The van der Waals surface area contributed by atoms with E-state index in [1.807, 2.05) is 30.3 Å². The molecule has 0 saturated carbocycles. The van der Waals surface area contributed by atoms with E-state index in [2.05, 4.69) is 5.32 Å². The molecular weight excluding hydrogens is 374 g/mol. The molecule has 0 bridgehead atoms. The zero-order valence-electron chi connectivity index (χ0n) is 17.0. The Labute approximate surface area is 169 Å². The normalized spacial score (nSPS) is 10.8. The molecule has 0 fully saturated rings. The second kappa shape index (κ2) is 9.34. The first-order valence-corrected chi connectivity index (χ1v) is 9.20. The van der Waals surface area contributed by atoms with Crippen molar-refractivity contribution in [1.29, 1.82) is 0 Å². The van der Waals surface area contributed by atoms with Crippen LogP contribution in [-0.4, -0.2) is 47.5 Å². The van der Waals surface area contributed by atoms with E-state index >= 15 is 0 Å². The smallest absolute Gasteiger partial charge is 0.224 e. The number of benzene rings is 2. The van der Waals surface area contributed by atoms with Gasteiger partial charge in [-0.05, 0) is 0 Å². The number of carbonyl (C=O) groups excluding carboxylic acids is 1. The van der Waals surface area contributed by atoms with Gasteiger partial charge in [-0.15, -0.1) is 0 Å². The summed E-state index contributed by atoms with van der Waals surface area (Å²) < 4.78 is 27.8. The molecule has 7 heteroatoms. The fourth-order valence-electron chi connectivity index (χ4n) is 3.29. The Balaban J connectivity index is 2.19. The molecule has 3 aromatic rings. The summed E-state index contributed by atoms with van der Waals surface area (Å²) in [7, 11) is 6.23. The topological polar surface area (TPSA) is 79.2 Å². The molecule has 0 radical (unpaired) electrons. The Morgan fingerprint density at radius 1 is 1.00 bits per heavy atom. The molecule has 0 aliphatic rings. The summed E-state index contributed by atoms with van der Waals surface area (Å²) in [6, 6.07) is 11.4. The fraction of sp³-hybridized carbons (Fsp3) is 0.318. The van der Waals surface area contributed by atoms with Crippen molar-refractivity contribution in [1.82, 2.24) is 5.32 Å². The molecule has 0 aliphatic carbocycles. The lowest BCUT2D eigenvalue weighted by Gasteiger charge is -2.13. The van der Waals surface area contributed by atoms with Crippen molar-refractivity contribution in [3.05, 3.63) is 42.0 Å². The minimum Gasteiger partial charge on any atom is -0.493 e. The molecule has 0 aliphatic heterocycles. The maximum atomic E-state index is 12.6. The Hall–Kier alpha value is -3.19. The number of rotatable bonds is 9. The molecule has 1 N–H and O–H groups in total. The number of amides is 1. The standard InChI is InChI=1S/C22H25NO6/c1-25-11-10-23-18(24)12-15-19-16(29-20(15)14-8-6-5-7-9-14)13-17(26-2)21(27-3)22(19)28-4/h5-9,13H,10-12H2,1-4H3,(H,23,24). The quantitative estimate of drug-likeness (QED) is 0.556. The summed E-state index contributed by atoms with van der Waals surface area (Å²) in [6.45, 7) is 0.873. The number of methoxy groups -OCH3 is 4. The third-order valence-corrected chi connectivity index (χ3v) is 4.58. The van der Waals surface area contributed by atoms with Crippen LogP contribution in [0.4, 0.5) is 0 Å². The number of hydrogen-bond donors (Lipinski definition) is 1. The molecular formula is C22H25NO6. The van der Waals surface area contributed by atoms with Gasteiger partial charge in [0.2, 0.25) is 11.7 Å². The van der Waals surface area contributed by atoms with Crippen LogP contribution >= 0.6 is 0 Å². The van der Waals surface area contributed by atoms with Gasteiger partial charge in [0.05, 0.1) is 39.7 Å². The predicted molar refractivity (Wildman–Crippen MR) is 110 cm³/mol. The van der Waals surface area contributed by atoms with Crippen LogP contribution < -0.4 is 19.5 Å². The number of hydrogen-bond acceptors (Lipinski definition) is 6. The molecule has 1 aromatic heterocycles. The summed E-state index contributed by atoms with van der Waals surface area (Å²) in [4.78, 5) is 12.6. The number of ether oxygens (including phenoxy) is 4. The Bertz CT molecular complexity index is 980. The van der Waals surface area contributed by atoms with Crippen molar-refractivity contribution in [2.75, 3.05) is 41.6 Å². The van der Waals surface area contributed by atoms with Crippen LogP contribution in [0.3, 0.4) is 0 Å². The minimum absolute atomic E-state index is 0.118. The maximum Gasteiger partial charge on any atom is 0.224 e. The van der Waals surface area contributed by atoms with Crippen molar-refractivity contribution in [2.45, 2.75) is 6.42 Å². The highest BCUT2D eigenvalue weighted by atomic mass is 16.5. The summed E-state index contributed by atoms with van der Waals surface area (Å²) >= 11 is 0. The third-order valence-electron chi connectivity index (χ3n) is 4.58. The highest BCUT2D eigenvalue weighted by molar-refractivity contribution is 5.99. The summed E-state index contributed by atoms with van der Waals surface area (Å²) in [5.74, 6) is 1.87. The predicted octanol–water partition coefficient (Wildman–Crippen LogP) is 3.43. The molecule has 29 heavy (non-hydrogen) atoms. The second-order valence-electron chi connectivity index (χ2n) is 6.31. The molecule has 1 amide bonds. The second-order valence-corrected chi connectivity index (χ2v) is 6.31.